The summed E-state index contributed by atoms with van der Waals surface area (Å²) in [5.74, 6) is -1.07. The molecule has 20 rings (SSSR count). The van der Waals surface area contributed by atoms with Crippen molar-refractivity contribution < 1.29 is 28.6 Å². The van der Waals surface area contributed by atoms with E-state index >= 15 is 0 Å². The van der Waals surface area contributed by atoms with Gasteiger partial charge < -0.3 is 14.7 Å². The Bertz CT molecular complexity index is 7330. The van der Waals surface area contributed by atoms with Gasteiger partial charge >= 0.3 is 577 Å². The summed E-state index contributed by atoms with van der Waals surface area (Å²) < 4.78 is 26.4. The Labute approximate surface area is 819 Å². The Hall–Kier alpha value is -8.77. The number of esters is 3. The number of ether oxygens (including phenoxy) is 3. The third-order valence-corrected chi connectivity index (χ3v) is 53.9. The number of nitrogens with one attached hydrogen (secondary N) is 2. The van der Waals surface area contributed by atoms with Gasteiger partial charge in [0.05, 0.1) is 34.7 Å². The zero-order valence-electron chi connectivity index (χ0n) is 83.9. The van der Waals surface area contributed by atoms with Crippen LogP contribution in [0.15, 0.2) is 100 Å². The first-order chi connectivity index (χ1) is 64.5. The molecule has 13 aliphatic rings. The number of rotatable bonds is 18. The first-order valence-electron chi connectivity index (χ1n) is 49.7. The van der Waals surface area contributed by atoms with E-state index in [9.17, 15) is 14.4 Å². The Kier molecular flexibility index (Phi) is 25.4. The van der Waals surface area contributed by atoms with Gasteiger partial charge in [-0.05, 0) is 111 Å². The second kappa shape index (κ2) is 35.5. The standard InChI is InChI=1S/2C37H44N4O2.C37H43N4O2.4ClH.2Sn/c3*1-10-23-19(6)29-17-33-25(12-3)21(8)34(40-33)26-15-27(36(42)43-14-5)37(13-4)22(9)30(41-35(26)37)18-32-24(11-2)20(7)28(39-32)16-31(23)38-29;;;;;;/h16-18,22,27H,10-15H2,1-9H3;15-18,22,38-39H,10-14H2,1-9H3;15-18,22H,10-14H2,1-9H3,(H-,38,39,40,41,42);4*1H;;/q-2;;-1;;;;;2*+4/p-5. The van der Waals surface area contributed by atoms with E-state index in [4.69, 9.17) is 79.8 Å². The van der Waals surface area contributed by atoms with Crippen LogP contribution in [0.1, 0.15) is 314 Å². The molecular weight excluding hydrogens is 1980 g/mol. The molecule has 0 saturated heterocycles. The quantitative estimate of drug-likeness (QED) is 0.0479. The number of aromatic nitrogens is 8. The molecule has 7 atom stereocenters. The van der Waals surface area contributed by atoms with Crippen LogP contribution in [0.5, 0.6) is 0 Å². The van der Waals surface area contributed by atoms with E-state index in [1.807, 2.05) is 32.9 Å². The Morgan fingerprint density at radius 3 is 1.38 bits per heavy atom. The Balaban J connectivity index is 0.000000135. The van der Waals surface area contributed by atoms with E-state index in [1.165, 1.54) is 89.1 Å². The summed E-state index contributed by atoms with van der Waals surface area (Å²) in [7, 11) is 32.4. The number of halogens is 4. The zero-order chi connectivity index (χ0) is 96.9. The molecule has 0 aromatic carbocycles. The molecule has 135 heavy (non-hydrogen) atoms. The van der Waals surface area contributed by atoms with E-state index in [0.29, 0.717) is 43.8 Å². The fourth-order valence-corrected chi connectivity index (χ4v) is 48.7. The van der Waals surface area contributed by atoms with Crippen molar-refractivity contribution in [3.63, 3.8) is 0 Å². The molecule has 0 spiro atoms. The number of aliphatic imine (C=N–C) groups is 4. The summed E-state index contributed by atoms with van der Waals surface area (Å²) in [6.45, 7) is 59.3. The molecule has 0 radical (unpaired) electrons. The van der Waals surface area contributed by atoms with Crippen molar-refractivity contribution in [3.8, 4) is 0 Å². The summed E-state index contributed by atoms with van der Waals surface area (Å²) in [4.78, 5) is 80.9. The van der Waals surface area contributed by atoms with Crippen molar-refractivity contribution in [1.29, 1.82) is 0 Å². The van der Waals surface area contributed by atoms with E-state index in [0.717, 1.165) is 233 Å². The molecule has 7 aromatic heterocycles. The number of hydrogen-bond acceptors (Lipinski definition) is 12. The predicted octanol–water partition coefficient (Wildman–Crippen LogP) is 23.2. The fourth-order valence-electron chi connectivity index (χ4n) is 26.2. The van der Waals surface area contributed by atoms with Crippen molar-refractivity contribution in [2.75, 3.05) is 19.8 Å². The van der Waals surface area contributed by atoms with Crippen molar-refractivity contribution in [2.45, 2.75) is 282 Å². The van der Waals surface area contributed by atoms with Gasteiger partial charge in [0.1, 0.15) is 0 Å². The minimum absolute atomic E-state index is 0.0103. The molecule has 20 bridgehead atoms. The Morgan fingerprint density at radius 1 is 0.430 bits per heavy atom. The van der Waals surface area contributed by atoms with Gasteiger partial charge in [-0.1, -0.05) is 34.6 Å². The number of H-pyrrole nitrogens is 2. The monoisotopic (exact) mass is 2110 g/mol. The van der Waals surface area contributed by atoms with Gasteiger partial charge in [0.2, 0.25) is 0 Å². The van der Waals surface area contributed by atoms with Crippen LogP contribution in [0.3, 0.4) is 0 Å². The predicted molar refractivity (Wildman–Crippen MR) is 563 cm³/mol. The van der Waals surface area contributed by atoms with Gasteiger partial charge in [0, 0.05) is 39.2 Å². The van der Waals surface area contributed by atoms with E-state index in [1.54, 1.807) is 0 Å². The minimum atomic E-state index is -4.72. The Morgan fingerprint density at radius 2 is 0.896 bits per heavy atom. The molecule has 3 aliphatic carbocycles. The van der Waals surface area contributed by atoms with Crippen LogP contribution < -0.4 is 21.4 Å². The number of hydrogen-bond donors (Lipinski definition) is 2. The van der Waals surface area contributed by atoms with Crippen LogP contribution in [0.2, 0.25) is 0 Å². The van der Waals surface area contributed by atoms with Crippen LogP contribution in [0.4, 0.5) is 0 Å². The molecule has 0 amide bonds. The molecule has 706 valence electrons. The molecule has 24 heteroatoms. The second-order valence-corrected chi connectivity index (χ2v) is 66.2. The van der Waals surface area contributed by atoms with Gasteiger partial charge in [0.15, 0.2) is 0 Å². The summed E-state index contributed by atoms with van der Waals surface area (Å²) >= 11 is -9.40. The number of aromatic amines is 2. The van der Waals surface area contributed by atoms with Gasteiger partial charge in [-0.15, -0.1) is 0 Å². The van der Waals surface area contributed by atoms with Gasteiger partial charge in [0.25, 0.3) is 0 Å². The van der Waals surface area contributed by atoms with Crippen LogP contribution in [-0.4, -0.2) is 125 Å². The molecule has 0 saturated carbocycles. The van der Waals surface area contributed by atoms with E-state index in [2.05, 4.69) is 242 Å². The summed E-state index contributed by atoms with van der Waals surface area (Å²) in [5, 5.41) is 4.15. The van der Waals surface area contributed by atoms with Crippen LogP contribution in [-0.2, 0) is 72.5 Å². The van der Waals surface area contributed by atoms with Crippen LogP contribution >= 0.6 is 35.7 Å². The molecule has 10 aliphatic heterocycles. The summed E-state index contributed by atoms with van der Waals surface area (Å²) in [6, 6.07) is 6.69. The molecular formula is C111H130Cl4N12O6Sn2. The summed E-state index contributed by atoms with van der Waals surface area (Å²) in [6.07, 6.45) is 28.0. The van der Waals surface area contributed by atoms with Crippen molar-refractivity contribution in [1.82, 2.24) is 31.1 Å². The SMILES string of the molecule is CCOC(=O)C1=CC2=C3N=C(C=c4c(CC)c(C)c5[n]4[Sn]([Cl])([Cl])[n]4c(c(CC)c(C)c42)C=C2N=C(C=5)C(CC)=C2C)C(C)C13CC.CCOC(=O)C1=Cc2c3nc(cc4[nH]c(cc5[nH]c(cc6nc2C1(CC)C6C)c(CC)c5C)c(CC)c4C)C(CC)=C3C.CCOC(=O)C1CC2=C3N=C(C=c4c(CC)c(C)c5[n]4[Sn]([Cl])([Cl])[n]4c(c(CC)c(C)c42)C=C2N=C(C=5)C(CC)=C2C)C(C)C31CC. The molecule has 7 aromatic rings. The van der Waals surface area contributed by atoms with Crippen molar-refractivity contribution in [3.05, 3.63) is 220 Å². The van der Waals surface area contributed by atoms with Gasteiger partial charge in [-0.25, -0.2) is 9.78 Å². The van der Waals surface area contributed by atoms with Crippen LogP contribution in [0, 0.1) is 70.1 Å². The molecule has 7 unspecified atom stereocenters. The second-order valence-electron chi connectivity index (χ2n) is 38.5. The normalized spacial score (nSPS) is 22.7. The average Bonchev–Trinajstić information content (AvgIpc) is 1.47. The van der Waals surface area contributed by atoms with Crippen molar-refractivity contribution in [2.24, 2.45) is 48.6 Å². The number of aryl methyl sites for hydroxylation is 4. The van der Waals surface area contributed by atoms with E-state index in [-0.39, 0.29) is 41.6 Å². The zero-order valence-corrected chi connectivity index (χ0v) is 92.6. The number of carbonyl (C=O) groups excluding carboxylic acids is 3. The molecule has 18 nitrogen and oxygen atoms in total. The number of allylic oxidation sites excluding steroid dienone is 11. The number of fused-ring (bicyclic) bond motifs is 12. The van der Waals surface area contributed by atoms with Gasteiger partial charge in [-0.2, -0.15) is 0 Å². The molecule has 2 N–H and O–H groups in total. The number of carbonyl (C=O) groups is 3. The molecule has 0 fully saturated rings. The topological polar surface area (TPSA) is 205 Å². The molecule has 17 heterocycles. The van der Waals surface area contributed by atoms with Crippen molar-refractivity contribution >= 4 is 197 Å². The summed E-state index contributed by atoms with van der Waals surface area (Å²) in [5.41, 5.74) is 44.7. The first kappa shape index (κ1) is 96.5. The first-order valence-corrected chi connectivity index (χ1v) is 69.3. The fraction of sp³-hybridized carbons (Fsp3) is 0.450. The maximum atomic E-state index is 13.9. The van der Waals surface area contributed by atoms with E-state index < -0.39 is 49.6 Å². The van der Waals surface area contributed by atoms with Gasteiger partial charge in [-0.3, -0.25) is 4.98 Å². The third-order valence-electron chi connectivity index (χ3n) is 33.2. The third kappa shape index (κ3) is 13.7. The van der Waals surface area contributed by atoms with Crippen LogP contribution in [0.25, 0.3) is 86.9 Å². The number of nitrogens with zero attached hydrogens (tertiary/aromatic N) is 10. The maximum absolute atomic E-state index is 13.9. The average molecular weight is 2110 g/mol.